The largest absolute Gasteiger partial charge is 0.324 e. The summed E-state index contributed by atoms with van der Waals surface area (Å²) in [7, 11) is 0. The zero-order valence-corrected chi connectivity index (χ0v) is 7.75. The molecule has 12 heavy (non-hydrogen) atoms. The zero-order chi connectivity index (χ0) is 8.97. The van der Waals surface area contributed by atoms with Crippen LogP contribution in [-0.4, -0.2) is 0 Å². The molecule has 0 aliphatic carbocycles. The molecule has 0 spiro atoms. The van der Waals surface area contributed by atoms with Gasteiger partial charge in [0.1, 0.15) is 0 Å². The first-order valence-corrected chi connectivity index (χ1v) is 4.42. The highest BCUT2D eigenvalue weighted by Gasteiger charge is 2.06. The Hall–Kier alpha value is -0.820. The van der Waals surface area contributed by atoms with Gasteiger partial charge in [0.2, 0.25) is 0 Å². The first-order valence-electron chi connectivity index (χ1n) is 4.42. The van der Waals surface area contributed by atoms with E-state index in [9.17, 15) is 0 Å². The highest BCUT2D eigenvalue weighted by molar-refractivity contribution is 5.16. The van der Waals surface area contributed by atoms with Crippen molar-refractivity contribution < 1.29 is 0 Å². The van der Waals surface area contributed by atoms with E-state index in [2.05, 4.69) is 19.9 Å². The molecule has 1 unspecified atom stereocenters. The van der Waals surface area contributed by atoms with E-state index in [0.717, 1.165) is 12.0 Å². The molecule has 1 radical (unpaired) electrons. The number of hydrogen-bond donors (Lipinski definition) is 1. The van der Waals surface area contributed by atoms with Crippen molar-refractivity contribution in [2.24, 2.45) is 11.7 Å². The van der Waals surface area contributed by atoms with Gasteiger partial charge in [0, 0.05) is 6.04 Å². The quantitative estimate of drug-likeness (QED) is 0.726. The average molecular weight is 162 g/mol. The minimum Gasteiger partial charge on any atom is -0.324 e. The molecule has 1 heteroatoms. The molecule has 1 aromatic carbocycles. The molecule has 0 fully saturated rings. The van der Waals surface area contributed by atoms with Crippen LogP contribution in [0.2, 0.25) is 0 Å². The first-order chi connectivity index (χ1) is 5.70. The van der Waals surface area contributed by atoms with Gasteiger partial charge in [-0.05, 0) is 24.0 Å². The van der Waals surface area contributed by atoms with E-state index in [1.54, 1.807) is 0 Å². The minimum absolute atomic E-state index is 0.145. The van der Waals surface area contributed by atoms with Gasteiger partial charge in [0.25, 0.3) is 0 Å². The molecule has 0 aliphatic heterocycles. The van der Waals surface area contributed by atoms with Crippen molar-refractivity contribution in [3.05, 3.63) is 35.9 Å². The van der Waals surface area contributed by atoms with Crippen molar-refractivity contribution in [2.75, 3.05) is 0 Å². The Morgan fingerprint density at radius 3 is 2.67 bits per heavy atom. The van der Waals surface area contributed by atoms with Gasteiger partial charge in [-0.3, -0.25) is 0 Å². The van der Waals surface area contributed by atoms with Gasteiger partial charge in [-0.25, -0.2) is 0 Å². The molecule has 1 atom stereocenters. The monoisotopic (exact) mass is 162 g/mol. The van der Waals surface area contributed by atoms with Gasteiger partial charge in [-0.2, -0.15) is 0 Å². The molecule has 1 nitrogen and oxygen atoms in total. The second-order valence-electron chi connectivity index (χ2n) is 3.55. The maximum atomic E-state index is 5.96. The fourth-order valence-corrected chi connectivity index (χ4v) is 1.27. The van der Waals surface area contributed by atoms with Gasteiger partial charge in [-0.15, -0.1) is 0 Å². The van der Waals surface area contributed by atoms with Gasteiger partial charge >= 0.3 is 0 Å². The molecular formula is C11H16N. The Kier molecular flexibility index (Phi) is 3.30. The predicted octanol–water partition coefficient (Wildman–Crippen LogP) is 2.53. The highest BCUT2D eigenvalue weighted by atomic mass is 14.6. The fourth-order valence-electron chi connectivity index (χ4n) is 1.27. The maximum Gasteiger partial charge on any atom is 0.0303 e. The fraction of sp³-hybridized carbons (Fsp3) is 0.455. The lowest BCUT2D eigenvalue weighted by atomic mass is 9.98. The van der Waals surface area contributed by atoms with Gasteiger partial charge in [0.15, 0.2) is 0 Å². The summed E-state index contributed by atoms with van der Waals surface area (Å²) in [6.45, 7) is 4.37. The van der Waals surface area contributed by atoms with Crippen molar-refractivity contribution in [1.82, 2.24) is 0 Å². The van der Waals surface area contributed by atoms with Crippen molar-refractivity contribution in [1.29, 1.82) is 0 Å². The summed E-state index contributed by atoms with van der Waals surface area (Å²) < 4.78 is 0. The Bertz CT molecular complexity index is 216. The Labute approximate surface area is 74.6 Å². The Balaban J connectivity index is 2.59. The molecule has 0 amide bonds. The standard InChI is InChI=1S/C11H16N/c1-9(2)8-11(12)10-6-4-3-5-7-10/h3-6,9,11H,8,12H2,1-2H3. The van der Waals surface area contributed by atoms with E-state index >= 15 is 0 Å². The van der Waals surface area contributed by atoms with Crippen LogP contribution in [0.4, 0.5) is 0 Å². The van der Waals surface area contributed by atoms with Gasteiger partial charge < -0.3 is 5.73 Å². The van der Waals surface area contributed by atoms with Crippen LogP contribution in [0.5, 0.6) is 0 Å². The molecular weight excluding hydrogens is 146 g/mol. The normalized spacial score (nSPS) is 13.3. The lowest BCUT2D eigenvalue weighted by molar-refractivity contribution is 0.509. The summed E-state index contributed by atoms with van der Waals surface area (Å²) in [4.78, 5) is 0. The summed E-state index contributed by atoms with van der Waals surface area (Å²) in [5, 5.41) is 0. The van der Waals surface area contributed by atoms with Crippen LogP contribution in [0, 0.1) is 12.0 Å². The molecule has 0 bridgehead atoms. The molecule has 65 valence electrons. The van der Waals surface area contributed by atoms with Crippen LogP contribution in [-0.2, 0) is 0 Å². The Morgan fingerprint density at radius 2 is 2.17 bits per heavy atom. The third-order valence-electron chi connectivity index (χ3n) is 1.86. The lowest BCUT2D eigenvalue weighted by Gasteiger charge is -2.13. The van der Waals surface area contributed by atoms with Crippen LogP contribution in [0.15, 0.2) is 24.3 Å². The molecule has 0 aromatic heterocycles. The van der Waals surface area contributed by atoms with Crippen LogP contribution in [0.1, 0.15) is 31.9 Å². The van der Waals surface area contributed by atoms with Crippen LogP contribution in [0.3, 0.4) is 0 Å². The summed E-state index contributed by atoms with van der Waals surface area (Å²) in [5.74, 6) is 0.647. The van der Waals surface area contributed by atoms with E-state index in [-0.39, 0.29) is 6.04 Å². The van der Waals surface area contributed by atoms with Crippen molar-refractivity contribution in [3.8, 4) is 0 Å². The summed E-state index contributed by atoms with van der Waals surface area (Å²) >= 11 is 0. The first kappa shape index (κ1) is 9.27. The maximum absolute atomic E-state index is 5.96. The highest BCUT2D eigenvalue weighted by Crippen LogP contribution is 2.17. The second-order valence-corrected chi connectivity index (χ2v) is 3.55. The third kappa shape index (κ3) is 2.67. The molecule has 2 N–H and O–H groups in total. The molecule has 0 saturated heterocycles. The van der Waals surface area contributed by atoms with E-state index < -0.39 is 0 Å². The number of hydrogen-bond acceptors (Lipinski definition) is 1. The summed E-state index contributed by atoms with van der Waals surface area (Å²) in [6, 6.07) is 11.2. The summed E-state index contributed by atoms with van der Waals surface area (Å²) in [6.07, 6.45) is 1.03. The topological polar surface area (TPSA) is 26.0 Å². The van der Waals surface area contributed by atoms with Crippen molar-refractivity contribution in [3.63, 3.8) is 0 Å². The Morgan fingerprint density at radius 1 is 1.42 bits per heavy atom. The van der Waals surface area contributed by atoms with Gasteiger partial charge in [0.05, 0.1) is 0 Å². The van der Waals surface area contributed by atoms with Crippen LogP contribution < -0.4 is 5.73 Å². The number of benzene rings is 1. The smallest absolute Gasteiger partial charge is 0.0303 e. The van der Waals surface area contributed by atoms with Crippen molar-refractivity contribution in [2.45, 2.75) is 26.3 Å². The molecule has 1 aromatic rings. The number of rotatable bonds is 3. The van der Waals surface area contributed by atoms with E-state index in [1.807, 2.05) is 24.3 Å². The van der Waals surface area contributed by atoms with Crippen LogP contribution in [0.25, 0.3) is 0 Å². The van der Waals surface area contributed by atoms with Crippen molar-refractivity contribution >= 4 is 0 Å². The molecule has 1 rings (SSSR count). The number of nitrogens with two attached hydrogens (primary N) is 1. The molecule has 0 saturated carbocycles. The zero-order valence-electron chi connectivity index (χ0n) is 7.75. The predicted molar refractivity (Wildman–Crippen MR) is 51.7 cm³/mol. The van der Waals surface area contributed by atoms with Crippen LogP contribution >= 0.6 is 0 Å². The molecule has 0 aliphatic rings. The van der Waals surface area contributed by atoms with Gasteiger partial charge in [-0.1, -0.05) is 38.1 Å². The third-order valence-corrected chi connectivity index (χ3v) is 1.86. The second kappa shape index (κ2) is 4.27. The minimum atomic E-state index is 0.145. The van der Waals surface area contributed by atoms with E-state index in [1.165, 1.54) is 0 Å². The SMILES string of the molecule is CC(C)CC(N)c1[c]cccc1. The average Bonchev–Trinajstić information content (AvgIpc) is 2.05. The summed E-state index contributed by atoms with van der Waals surface area (Å²) in [5.41, 5.74) is 7.08. The molecule has 0 heterocycles. The van der Waals surface area contributed by atoms with E-state index in [0.29, 0.717) is 5.92 Å². The van der Waals surface area contributed by atoms with E-state index in [4.69, 9.17) is 5.73 Å². The lowest BCUT2D eigenvalue weighted by Crippen LogP contribution is -2.12.